The lowest BCUT2D eigenvalue weighted by Gasteiger charge is -2.12. The van der Waals surface area contributed by atoms with Crippen molar-refractivity contribution in [1.29, 1.82) is 0 Å². The monoisotopic (exact) mass is 449 g/mol. The van der Waals surface area contributed by atoms with E-state index in [0.717, 1.165) is 17.3 Å². The highest BCUT2D eigenvalue weighted by Crippen LogP contribution is 2.41. The average Bonchev–Trinajstić information content (AvgIpc) is 3.22. The number of aromatic nitrogens is 2. The summed E-state index contributed by atoms with van der Waals surface area (Å²) in [4.78, 5) is 12.2. The van der Waals surface area contributed by atoms with Crippen LogP contribution in [0.25, 0.3) is 11.5 Å². The number of hydrogen-bond donors (Lipinski definition) is 1. The number of anilines is 1. The van der Waals surface area contributed by atoms with E-state index < -0.39 is 0 Å². The van der Waals surface area contributed by atoms with Crippen molar-refractivity contribution in [2.45, 2.75) is 12.1 Å². The first-order chi connectivity index (χ1) is 14.4. The third-order valence-electron chi connectivity index (χ3n) is 4.04. The van der Waals surface area contributed by atoms with E-state index in [1.807, 2.05) is 13.0 Å². The van der Waals surface area contributed by atoms with Crippen LogP contribution in [0.2, 0.25) is 5.02 Å². The van der Waals surface area contributed by atoms with E-state index >= 15 is 0 Å². The lowest BCUT2D eigenvalue weighted by molar-refractivity contribution is -0.113. The van der Waals surface area contributed by atoms with Crippen molar-refractivity contribution in [1.82, 2.24) is 10.2 Å². The predicted octanol–water partition coefficient (Wildman–Crippen LogP) is 4.46. The summed E-state index contributed by atoms with van der Waals surface area (Å²) in [5.41, 5.74) is 2.16. The topological polar surface area (TPSA) is 95.7 Å². The van der Waals surface area contributed by atoms with Gasteiger partial charge in [-0.1, -0.05) is 29.4 Å². The Morgan fingerprint density at radius 3 is 2.40 bits per heavy atom. The Morgan fingerprint density at radius 2 is 1.80 bits per heavy atom. The van der Waals surface area contributed by atoms with E-state index in [4.69, 9.17) is 30.2 Å². The number of aryl methyl sites for hydroxylation is 1. The molecule has 0 saturated carbocycles. The zero-order valence-corrected chi connectivity index (χ0v) is 18.4. The van der Waals surface area contributed by atoms with E-state index in [-0.39, 0.29) is 22.8 Å². The number of carbonyl (C=O) groups excluding carboxylic acids is 1. The summed E-state index contributed by atoms with van der Waals surface area (Å²) in [6.07, 6.45) is 0. The largest absolute Gasteiger partial charge is 0.493 e. The van der Waals surface area contributed by atoms with Gasteiger partial charge in [0.15, 0.2) is 11.5 Å². The van der Waals surface area contributed by atoms with Crippen LogP contribution in [0, 0.1) is 6.92 Å². The third kappa shape index (κ3) is 4.98. The maximum Gasteiger partial charge on any atom is 0.277 e. The highest BCUT2D eigenvalue weighted by molar-refractivity contribution is 7.99. The quantitative estimate of drug-likeness (QED) is 0.504. The number of rotatable bonds is 8. The van der Waals surface area contributed by atoms with E-state index in [9.17, 15) is 4.79 Å². The number of methoxy groups -OCH3 is 3. The molecule has 1 N–H and O–H groups in total. The predicted molar refractivity (Wildman–Crippen MR) is 115 cm³/mol. The number of benzene rings is 2. The average molecular weight is 450 g/mol. The van der Waals surface area contributed by atoms with E-state index in [2.05, 4.69) is 15.5 Å². The fourth-order valence-electron chi connectivity index (χ4n) is 2.62. The maximum absolute atomic E-state index is 12.2. The molecule has 30 heavy (non-hydrogen) atoms. The molecule has 1 aromatic heterocycles. The minimum Gasteiger partial charge on any atom is -0.493 e. The summed E-state index contributed by atoms with van der Waals surface area (Å²) < 4.78 is 21.6. The molecule has 0 bridgehead atoms. The SMILES string of the molecule is COc1cc(-c2nnc(SCC(=O)Nc3ccc(C)cc3Cl)o2)cc(OC)c1OC. The molecule has 10 heteroatoms. The van der Waals surface area contributed by atoms with Crippen molar-refractivity contribution in [3.63, 3.8) is 0 Å². The summed E-state index contributed by atoms with van der Waals surface area (Å²) in [6.45, 7) is 1.93. The van der Waals surface area contributed by atoms with Gasteiger partial charge in [-0.15, -0.1) is 10.2 Å². The van der Waals surface area contributed by atoms with Crippen LogP contribution < -0.4 is 19.5 Å². The van der Waals surface area contributed by atoms with Crippen molar-refractivity contribution in [3.05, 3.63) is 40.9 Å². The minimum absolute atomic E-state index is 0.0844. The second-order valence-corrected chi connectivity index (χ2v) is 7.44. The Balaban J connectivity index is 1.68. The van der Waals surface area contributed by atoms with Crippen LogP contribution in [0.3, 0.4) is 0 Å². The normalized spacial score (nSPS) is 10.6. The van der Waals surface area contributed by atoms with Gasteiger partial charge < -0.3 is 23.9 Å². The van der Waals surface area contributed by atoms with E-state index in [1.54, 1.807) is 24.3 Å². The molecule has 3 aromatic rings. The van der Waals surface area contributed by atoms with Crippen LogP contribution in [0.1, 0.15) is 5.56 Å². The Bertz CT molecular complexity index is 1030. The van der Waals surface area contributed by atoms with Crippen LogP contribution in [0.4, 0.5) is 5.69 Å². The summed E-state index contributed by atoms with van der Waals surface area (Å²) in [5, 5.41) is 11.5. The number of carbonyl (C=O) groups is 1. The number of ether oxygens (including phenoxy) is 3. The van der Waals surface area contributed by atoms with Crippen LogP contribution >= 0.6 is 23.4 Å². The van der Waals surface area contributed by atoms with Crippen molar-refractivity contribution < 1.29 is 23.4 Å². The number of hydrogen-bond acceptors (Lipinski definition) is 8. The highest BCUT2D eigenvalue weighted by atomic mass is 35.5. The number of halogens is 1. The summed E-state index contributed by atoms with van der Waals surface area (Å²) in [7, 11) is 4.57. The van der Waals surface area contributed by atoms with E-state index in [1.165, 1.54) is 21.3 Å². The molecule has 2 aromatic carbocycles. The number of thioether (sulfide) groups is 1. The Kier molecular flexibility index (Phi) is 7.07. The number of amides is 1. The fraction of sp³-hybridized carbons (Fsp3) is 0.250. The van der Waals surface area contributed by atoms with Crippen molar-refractivity contribution in [2.75, 3.05) is 32.4 Å². The Morgan fingerprint density at radius 1 is 1.10 bits per heavy atom. The molecule has 0 spiro atoms. The van der Waals surface area contributed by atoms with Crippen molar-refractivity contribution >= 4 is 35.0 Å². The summed E-state index contributed by atoms with van der Waals surface area (Å²) in [5.74, 6) is 1.50. The zero-order valence-electron chi connectivity index (χ0n) is 16.8. The smallest absolute Gasteiger partial charge is 0.277 e. The lowest BCUT2D eigenvalue weighted by atomic mass is 10.2. The molecule has 0 atom stereocenters. The Hall–Kier alpha value is -2.91. The molecule has 8 nitrogen and oxygen atoms in total. The molecule has 0 aliphatic rings. The van der Waals surface area contributed by atoms with Crippen LogP contribution in [-0.2, 0) is 4.79 Å². The van der Waals surface area contributed by atoms with Gasteiger partial charge in [0.2, 0.25) is 17.5 Å². The highest BCUT2D eigenvalue weighted by Gasteiger charge is 2.18. The molecule has 3 rings (SSSR count). The van der Waals surface area contributed by atoms with Gasteiger partial charge in [0, 0.05) is 5.56 Å². The second kappa shape index (κ2) is 9.73. The van der Waals surface area contributed by atoms with Crippen LogP contribution in [-0.4, -0.2) is 43.2 Å². The van der Waals surface area contributed by atoms with Crippen LogP contribution in [0.5, 0.6) is 17.2 Å². The molecule has 158 valence electrons. The fourth-order valence-corrected chi connectivity index (χ4v) is 3.47. The van der Waals surface area contributed by atoms with Gasteiger partial charge in [0.05, 0.1) is 37.8 Å². The third-order valence-corrected chi connectivity index (χ3v) is 5.17. The first kappa shape index (κ1) is 21.8. The molecule has 0 fully saturated rings. The van der Waals surface area contributed by atoms with E-state index in [0.29, 0.717) is 33.5 Å². The molecule has 1 heterocycles. The van der Waals surface area contributed by atoms with Crippen LogP contribution in [0.15, 0.2) is 40.0 Å². The van der Waals surface area contributed by atoms with Crippen molar-refractivity contribution in [2.24, 2.45) is 0 Å². The van der Waals surface area contributed by atoms with Crippen molar-refractivity contribution in [3.8, 4) is 28.7 Å². The molecule has 0 aliphatic carbocycles. The number of nitrogens with one attached hydrogen (secondary N) is 1. The maximum atomic E-state index is 12.2. The second-order valence-electron chi connectivity index (χ2n) is 6.11. The molecular formula is C20H20ClN3O5S. The standard InChI is InChI=1S/C20H20ClN3O5S/c1-11-5-6-14(13(21)7-11)22-17(25)10-30-20-24-23-19(29-20)12-8-15(26-2)18(28-4)16(9-12)27-3/h5-9H,10H2,1-4H3,(H,22,25). The minimum atomic E-state index is -0.238. The number of nitrogens with zero attached hydrogens (tertiary/aromatic N) is 2. The summed E-state index contributed by atoms with van der Waals surface area (Å²) >= 11 is 7.26. The van der Waals surface area contributed by atoms with Gasteiger partial charge in [0.1, 0.15) is 0 Å². The van der Waals surface area contributed by atoms with Gasteiger partial charge in [-0.3, -0.25) is 4.79 Å². The summed E-state index contributed by atoms with van der Waals surface area (Å²) in [6, 6.07) is 8.82. The van der Waals surface area contributed by atoms with Gasteiger partial charge in [-0.2, -0.15) is 0 Å². The lowest BCUT2D eigenvalue weighted by Crippen LogP contribution is -2.14. The molecule has 0 saturated heterocycles. The van der Waals surface area contributed by atoms with Gasteiger partial charge >= 0.3 is 0 Å². The zero-order chi connectivity index (χ0) is 21.7. The van der Waals surface area contributed by atoms with Gasteiger partial charge in [0.25, 0.3) is 5.22 Å². The molecule has 0 aliphatic heterocycles. The van der Waals surface area contributed by atoms with Gasteiger partial charge in [-0.05, 0) is 36.8 Å². The molecule has 0 radical (unpaired) electrons. The first-order valence-electron chi connectivity index (χ1n) is 8.77. The Labute approximate surface area is 182 Å². The van der Waals surface area contributed by atoms with Gasteiger partial charge in [-0.25, -0.2) is 0 Å². The molecular weight excluding hydrogens is 430 g/mol. The molecule has 1 amide bonds. The molecule has 0 unspecified atom stereocenters. The first-order valence-corrected chi connectivity index (χ1v) is 10.1.